The highest BCUT2D eigenvalue weighted by molar-refractivity contribution is 9.10. The van der Waals surface area contributed by atoms with E-state index < -0.39 is 40.0 Å². The van der Waals surface area contributed by atoms with E-state index in [1.807, 2.05) is 20.8 Å². The van der Waals surface area contributed by atoms with E-state index in [1.165, 1.54) is 17.0 Å². The van der Waals surface area contributed by atoms with Crippen molar-refractivity contribution in [2.24, 2.45) is 0 Å². The topological polar surface area (TPSA) is 86.8 Å². The van der Waals surface area contributed by atoms with Crippen LogP contribution in [0.4, 0.5) is 5.69 Å². The Bertz CT molecular complexity index is 1410. The highest BCUT2D eigenvalue weighted by Gasteiger charge is 2.33. The third-order valence-electron chi connectivity index (χ3n) is 5.78. The molecule has 3 aromatic carbocycles. The number of hydrogen-bond acceptors (Lipinski definition) is 4. The zero-order valence-corrected chi connectivity index (χ0v) is 25.9. The molecule has 11 heteroatoms. The van der Waals surface area contributed by atoms with Crippen molar-refractivity contribution in [1.82, 2.24) is 10.2 Å². The molecule has 3 rings (SSSR count). The first-order valence-electron chi connectivity index (χ1n) is 12.1. The number of halogens is 3. The molecule has 208 valence electrons. The number of rotatable bonds is 9. The van der Waals surface area contributed by atoms with Gasteiger partial charge in [-0.1, -0.05) is 63.4 Å². The molecule has 0 spiro atoms. The van der Waals surface area contributed by atoms with E-state index in [-0.39, 0.29) is 17.1 Å². The third-order valence-corrected chi connectivity index (χ3v) is 8.81. The molecule has 2 amide bonds. The van der Waals surface area contributed by atoms with Gasteiger partial charge in [-0.3, -0.25) is 13.9 Å². The van der Waals surface area contributed by atoms with Gasteiger partial charge < -0.3 is 10.2 Å². The quantitative estimate of drug-likeness (QED) is 0.294. The Morgan fingerprint density at radius 2 is 1.49 bits per heavy atom. The van der Waals surface area contributed by atoms with E-state index in [2.05, 4.69) is 21.2 Å². The Kier molecular flexibility index (Phi) is 10.1. The fourth-order valence-corrected chi connectivity index (χ4v) is 5.98. The van der Waals surface area contributed by atoms with Gasteiger partial charge in [0, 0.05) is 32.2 Å². The van der Waals surface area contributed by atoms with Crippen LogP contribution in [-0.2, 0) is 26.2 Å². The van der Waals surface area contributed by atoms with Gasteiger partial charge in [-0.05, 0) is 76.2 Å². The van der Waals surface area contributed by atoms with E-state index in [9.17, 15) is 18.0 Å². The Morgan fingerprint density at radius 3 is 2.03 bits per heavy atom. The minimum absolute atomic E-state index is 0.0277. The van der Waals surface area contributed by atoms with Crippen LogP contribution in [-0.4, -0.2) is 43.3 Å². The molecule has 0 fully saturated rings. The summed E-state index contributed by atoms with van der Waals surface area (Å²) >= 11 is 16.2. The van der Waals surface area contributed by atoms with E-state index in [0.29, 0.717) is 15.6 Å². The van der Waals surface area contributed by atoms with Crippen molar-refractivity contribution in [3.05, 3.63) is 92.9 Å². The van der Waals surface area contributed by atoms with Gasteiger partial charge in [0.05, 0.1) is 10.6 Å². The maximum absolute atomic E-state index is 14.0. The lowest BCUT2D eigenvalue weighted by Gasteiger charge is -2.33. The monoisotopic (exact) mass is 653 g/mol. The second-order valence-electron chi connectivity index (χ2n) is 9.94. The first kappa shape index (κ1) is 30.9. The molecular formula is C28H30BrCl2N3O4S. The largest absolute Gasteiger partial charge is 0.350 e. The average molecular weight is 655 g/mol. The van der Waals surface area contributed by atoms with E-state index in [4.69, 9.17) is 23.2 Å². The highest BCUT2D eigenvalue weighted by atomic mass is 79.9. The predicted molar refractivity (Wildman–Crippen MR) is 159 cm³/mol. The Morgan fingerprint density at radius 1 is 0.923 bits per heavy atom. The molecule has 0 bridgehead atoms. The fraction of sp³-hybridized carbons (Fsp3) is 0.286. The van der Waals surface area contributed by atoms with Crippen molar-refractivity contribution in [3.8, 4) is 0 Å². The lowest BCUT2D eigenvalue weighted by molar-refractivity contribution is -0.140. The van der Waals surface area contributed by atoms with Crippen LogP contribution in [0.1, 0.15) is 33.3 Å². The number of sulfonamides is 1. The summed E-state index contributed by atoms with van der Waals surface area (Å²) in [5.41, 5.74) is 0.186. The molecule has 0 aliphatic carbocycles. The number of nitrogens with one attached hydrogen (secondary N) is 1. The van der Waals surface area contributed by atoms with Crippen molar-refractivity contribution in [2.75, 3.05) is 10.8 Å². The van der Waals surface area contributed by atoms with Crippen LogP contribution in [0.3, 0.4) is 0 Å². The Labute approximate surface area is 248 Å². The minimum Gasteiger partial charge on any atom is -0.350 e. The summed E-state index contributed by atoms with van der Waals surface area (Å²) in [5, 5.41) is 3.53. The lowest BCUT2D eigenvalue weighted by atomic mass is 10.1. The number of carbonyl (C=O) groups excluding carboxylic acids is 2. The molecule has 3 aromatic rings. The zero-order valence-electron chi connectivity index (χ0n) is 22.0. The first-order valence-corrected chi connectivity index (χ1v) is 15.1. The van der Waals surface area contributed by atoms with Crippen molar-refractivity contribution in [3.63, 3.8) is 0 Å². The molecule has 1 atom stereocenters. The molecule has 0 saturated heterocycles. The average Bonchev–Trinajstić information content (AvgIpc) is 2.86. The molecule has 7 nitrogen and oxygen atoms in total. The summed E-state index contributed by atoms with van der Waals surface area (Å²) < 4.78 is 29.3. The summed E-state index contributed by atoms with van der Waals surface area (Å²) in [6, 6.07) is 18.4. The number of carbonyl (C=O) groups is 2. The van der Waals surface area contributed by atoms with Gasteiger partial charge in [0.25, 0.3) is 10.0 Å². The van der Waals surface area contributed by atoms with Crippen LogP contribution < -0.4 is 9.62 Å². The molecular weight excluding hydrogens is 625 g/mol. The lowest BCUT2D eigenvalue weighted by Crippen LogP contribution is -2.54. The van der Waals surface area contributed by atoms with Crippen LogP contribution in [0.15, 0.2) is 82.2 Å². The van der Waals surface area contributed by atoms with Gasteiger partial charge in [-0.25, -0.2) is 8.42 Å². The van der Waals surface area contributed by atoms with Gasteiger partial charge in [-0.15, -0.1) is 0 Å². The van der Waals surface area contributed by atoms with Gasteiger partial charge in [0.15, 0.2) is 0 Å². The Hall–Kier alpha value is -2.59. The number of nitrogens with zero attached hydrogens (tertiary/aromatic N) is 2. The number of benzene rings is 3. The van der Waals surface area contributed by atoms with E-state index >= 15 is 0 Å². The highest BCUT2D eigenvalue weighted by Crippen LogP contribution is 2.29. The number of anilines is 1. The molecule has 0 radical (unpaired) electrons. The third kappa shape index (κ3) is 7.97. The predicted octanol–water partition coefficient (Wildman–Crippen LogP) is 6.28. The summed E-state index contributed by atoms with van der Waals surface area (Å²) in [5.74, 6) is -1.01. The van der Waals surface area contributed by atoms with Gasteiger partial charge in [-0.2, -0.15) is 0 Å². The summed E-state index contributed by atoms with van der Waals surface area (Å²) in [4.78, 5) is 28.4. The van der Waals surface area contributed by atoms with Crippen molar-refractivity contribution < 1.29 is 18.0 Å². The van der Waals surface area contributed by atoms with Crippen LogP contribution >= 0.6 is 39.1 Å². The standard InChI is InChI=1S/C28H30BrCl2N3O4S/c1-19(27(36)32-28(2,3)4)33(17-23-24(30)11-8-12-25(23)31)26(35)18-34(21-15-13-20(29)14-16-21)39(37,38)22-9-6-5-7-10-22/h5-16,19H,17-18H2,1-4H3,(H,32,36)/t19-/m0/s1. The maximum Gasteiger partial charge on any atom is 0.264 e. The van der Waals surface area contributed by atoms with Crippen molar-refractivity contribution in [1.29, 1.82) is 0 Å². The molecule has 0 saturated carbocycles. The summed E-state index contributed by atoms with van der Waals surface area (Å²) in [6.07, 6.45) is 0. The maximum atomic E-state index is 14.0. The van der Waals surface area contributed by atoms with Crippen LogP contribution in [0.25, 0.3) is 0 Å². The molecule has 0 unspecified atom stereocenters. The number of hydrogen-bond donors (Lipinski definition) is 1. The fourth-order valence-electron chi connectivity index (χ4n) is 3.77. The van der Waals surface area contributed by atoms with Crippen molar-refractivity contribution >= 4 is 66.7 Å². The molecule has 0 heterocycles. The number of amides is 2. The second-order valence-corrected chi connectivity index (χ2v) is 13.5. The van der Waals surface area contributed by atoms with Crippen LogP contribution in [0, 0.1) is 0 Å². The van der Waals surface area contributed by atoms with Gasteiger partial charge in [0.1, 0.15) is 12.6 Å². The minimum atomic E-state index is -4.14. The Balaban J connectivity index is 2.06. The van der Waals surface area contributed by atoms with Gasteiger partial charge in [0.2, 0.25) is 11.8 Å². The first-order chi connectivity index (χ1) is 18.2. The normalized spacial score (nSPS) is 12.5. The molecule has 0 aromatic heterocycles. The van der Waals surface area contributed by atoms with Crippen LogP contribution in [0.2, 0.25) is 10.0 Å². The molecule has 0 aliphatic rings. The van der Waals surface area contributed by atoms with Crippen molar-refractivity contribution in [2.45, 2.75) is 50.7 Å². The smallest absolute Gasteiger partial charge is 0.264 e. The zero-order chi connectivity index (χ0) is 29.0. The van der Waals surface area contributed by atoms with Crippen LogP contribution in [0.5, 0.6) is 0 Å². The molecule has 39 heavy (non-hydrogen) atoms. The van der Waals surface area contributed by atoms with E-state index in [0.717, 1.165) is 8.78 Å². The second kappa shape index (κ2) is 12.7. The molecule has 1 N–H and O–H groups in total. The summed E-state index contributed by atoms with van der Waals surface area (Å²) in [7, 11) is -4.14. The SMILES string of the molecule is C[C@@H](C(=O)NC(C)(C)C)N(Cc1c(Cl)cccc1Cl)C(=O)CN(c1ccc(Br)cc1)S(=O)(=O)c1ccccc1. The van der Waals surface area contributed by atoms with Gasteiger partial charge >= 0.3 is 0 Å². The summed E-state index contributed by atoms with van der Waals surface area (Å²) in [6.45, 7) is 6.41. The molecule has 0 aliphatic heterocycles. The van der Waals surface area contributed by atoms with E-state index in [1.54, 1.807) is 67.6 Å².